The highest BCUT2D eigenvalue weighted by Crippen LogP contribution is 2.40. The van der Waals surface area contributed by atoms with Crippen LogP contribution in [0.2, 0.25) is 0 Å². The van der Waals surface area contributed by atoms with Crippen LogP contribution in [0.15, 0.2) is 42.1 Å². The lowest BCUT2D eigenvalue weighted by Gasteiger charge is -2.49. The van der Waals surface area contributed by atoms with Crippen LogP contribution in [0.3, 0.4) is 0 Å². The molecule has 2 aliphatic heterocycles. The molecular formula is C22H27N3O7S. The van der Waals surface area contributed by atoms with Crippen LogP contribution in [0, 0.1) is 0 Å². The van der Waals surface area contributed by atoms with Crippen LogP contribution in [0.1, 0.15) is 12.5 Å². The number of benzene rings is 1. The highest BCUT2D eigenvalue weighted by atomic mass is 32.2. The number of thioether (sulfide) groups is 1. The Kier molecular flexibility index (Phi) is 8.37. The van der Waals surface area contributed by atoms with E-state index in [-0.39, 0.29) is 36.7 Å². The fraction of sp³-hybridized carbons (Fsp3) is 0.409. The predicted octanol–water partition coefficient (Wildman–Crippen LogP) is 1.13. The number of hydroxylamine groups is 1. The number of methoxy groups -OCH3 is 2. The van der Waals surface area contributed by atoms with E-state index in [1.807, 2.05) is 0 Å². The molecule has 10 nitrogen and oxygen atoms in total. The molecule has 1 fully saturated rings. The maximum absolute atomic E-state index is 13.2. The fourth-order valence-corrected chi connectivity index (χ4v) is 4.74. The first kappa shape index (κ1) is 24.6. The molecule has 2 N–H and O–H groups in total. The topological polar surface area (TPSA) is 115 Å². The summed E-state index contributed by atoms with van der Waals surface area (Å²) in [6.45, 7) is 5.20. The number of hydrogen-bond donors (Lipinski definition) is 2. The zero-order chi connectivity index (χ0) is 24.0. The Balaban J connectivity index is 1.78. The van der Waals surface area contributed by atoms with Crippen LogP contribution in [0.5, 0.6) is 11.5 Å². The Morgan fingerprint density at radius 2 is 2.09 bits per heavy atom. The molecule has 1 aromatic rings. The summed E-state index contributed by atoms with van der Waals surface area (Å²) in [4.78, 5) is 44.0. The molecule has 3 rings (SSSR count). The average Bonchev–Trinajstić information content (AvgIpc) is 2.82. The van der Waals surface area contributed by atoms with E-state index < -0.39 is 17.9 Å². The molecule has 0 aromatic heterocycles. The second kappa shape index (κ2) is 11.2. The summed E-state index contributed by atoms with van der Waals surface area (Å²) in [6.07, 6.45) is 1.56. The minimum absolute atomic E-state index is 0.0709. The summed E-state index contributed by atoms with van der Waals surface area (Å²) in [5.41, 5.74) is 4.22. The molecule has 178 valence electrons. The lowest BCUT2D eigenvalue weighted by Crippen LogP contribution is -2.70. The third-order valence-electron chi connectivity index (χ3n) is 5.06. The van der Waals surface area contributed by atoms with Gasteiger partial charge in [-0.1, -0.05) is 6.08 Å². The molecule has 2 heterocycles. The highest BCUT2D eigenvalue weighted by molar-refractivity contribution is 8.00. The zero-order valence-corrected chi connectivity index (χ0v) is 19.5. The van der Waals surface area contributed by atoms with Crippen LogP contribution in [0.25, 0.3) is 0 Å². The van der Waals surface area contributed by atoms with Crippen LogP contribution >= 0.6 is 11.8 Å². The van der Waals surface area contributed by atoms with Gasteiger partial charge < -0.3 is 19.5 Å². The molecule has 33 heavy (non-hydrogen) atoms. The van der Waals surface area contributed by atoms with Crippen LogP contribution in [-0.4, -0.2) is 67.3 Å². The largest absolute Gasteiger partial charge is 0.497 e. The van der Waals surface area contributed by atoms with E-state index >= 15 is 0 Å². The normalized spacial score (nSPS) is 19.4. The highest BCUT2D eigenvalue weighted by Gasteiger charge is 2.53. The summed E-state index contributed by atoms with van der Waals surface area (Å²) in [5.74, 6) is 0.400. The minimum Gasteiger partial charge on any atom is -0.497 e. The van der Waals surface area contributed by atoms with Crippen molar-refractivity contribution in [1.29, 1.82) is 0 Å². The van der Waals surface area contributed by atoms with Crippen LogP contribution in [0.4, 0.5) is 0 Å². The van der Waals surface area contributed by atoms with Gasteiger partial charge in [-0.25, -0.2) is 0 Å². The Morgan fingerprint density at radius 1 is 1.30 bits per heavy atom. The number of β-lactam (4-membered cyclic amide) rings is 1. The van der Waals surface area contributed by atoms with Crippen molar-refractivity contribution in [3.63, 3.8) is 0 Å². The Morgan fingerprint density at radius 3 is 2.76 bits per heavy atom. The number of esters is 1. The molecular weight excluding hydrogens is 450 g/mol. The van der Waals surface area contributed by atoms with Crippen molar-refractivity contribution < 1.29 is 33.4 Å². The molecule has 1 unspecified atom stereocenters. The number of carbonyl (C=O) groups is 3. The van der Waals surface area contributed by atoms with Crippen LogP contribution in [-0.2, 0) is 30.5 Å². The molecule has 0 bridgehead atoms. The van der Waals surface area contributed by atoms with Crippen molar-refractivity contribution in [3.8, 4) is 11.5 Å². The van der Waals surface area contributed by atoms with Gasteiger partial charge in [0, 0.05) is 36.4 Å². The average molecular weight is 478 g/mol. The number of nitrogens with one attached hydrogen (secondary N) is 2. The standard InChI is InChI=1S/C22H27N3O7S/c1-5-8-32-24-18-21(28)25-19(15(11-31-13(2)26)12-33-22(18)25)20(27)23-10-14-6-7-16(29-3)9-17(14)30-4/h5-7,9,18,22,24H,1,8,10-12H2,2-4H3,(H,23,27)/t18?,22-/m1/s1. The first-order chi connectivity index (χ1) is 15.9. The van der Waals surface area contributed by atoms with Gasteiger partial charge in [-0.15, -0.1) is 18.3 Å². The lowest BCUT2D eigenvalue weighted by atomic mass is 10.0. The molecule has 0 saturated carbocycles. The molecule has 0 spiro atoms. The lowest BCUT2D eigenvalue weighted by molar-refractivity contribution is -0.152. The molecule has 2 aliphatic rings. The monoisotopic (exact) mass is 477 g/mol. The minimum atomic E-state index is -0.588. The van der Waals surface area contributed by atoms with Crippen LogP contribution < -0.4 is 20.3 Å². The summed E-state index contributed by atoms with van der Waals surface area (Å²) in [6, 6.07) is 4.69. The van der Waals surface area contributed by atoms with Gasteiger partial charge in [0.25, 0.3) is 11.8 Å². The third-order valence-corrected chi connectivity index (χ3v) is 6.40. The SMILES string of the molecule is C=CCONC1C(=O)N2C(C(=O)NCc3ccc(OC)cc3OC)=C(COC(C)=O)CS[C@H]12. The van der Waals surface area contributed by atoms with Crippen molar-refractivity contribution in [3.05, 3.63) is 47.7 Å². The summed E-state index contributed by atoms with van der Waals surface area (Å²) < 4.78 is 15.7. The van der Waals surface area contributed by atoms with Gasteiger partial charge in [0.1, 0.15) is 35.2 Å². The Hall–Kier alpha value is -3.02. The first-order valence-electron chi connectivity index (χ1n) is 10.2. The van der Waals surface area contributed by atoms with E-state index in [1.54, 1.807) is 31.4 Å². The van der Waals surface area contributed by atoms with E-state index in [4.69, 9.17) is 19.0 Å². The molecule has 11 heteroatoms. The van der Waals surface area contributed by atoms with Crippen molar-refractivity contribution in [2.75, 3.05) is 33.2 Å². The summed E-state index contributed by atoms with van der Waals surface area (Å²) >= 11 is 1.46. The van der Waals surface area contributed by atoms with Gasteiger partial charge in [0.2, 0.25) is 0 Å². The van der Waals surface area contributed by atoms with Gasteiger partial charge in [-0.05, 0) is 12.1 Å². The molecule has 2 amide bonds. The number of nitrogens with zero attached hydrogens (tertiary/aromatic N) is 1. The molecule has 0 radical (unpaired) electrons. The number of fused-ring (bicyclic) bond motifs is 1. The van der Waals surface area contributed by atoms with Crippen molar-refractivity contribution >= 4 is 29.5 Å². The third kappa shape index (κ3) is 5.49. The van der Waals surface area contributed by atoms with Gasteiger partial charge in [-0.2, -0.15) is 5.48 Å². The smallest absolute Gasteiger partial charge is 0.302 e. The van der Waals surface area contributed by atoms with Crippen molar-refractivity contribution in [1.82, 2.24) is 15.7 Å². The van der Waals surface area contributed by atoms with Gasteiger partial charge >= 0.3 is 5.97 Å². The van der Waals surface area contributed by atoms with E-state index in [9.17, 15) is 14.4 Å². The second-order valence-electron chi connectivity index (χ2n) is 7.20. The summed E-state index contributed by atoms with van der Waals surface area (Å²) in [5, 5.41) is 2.53. The maximum Gasteiger partial charge on any atom is 0.302 e. The quantitative estimate of drug-likeness (QED) is 0.159. The number of amides is 2. The van der Waals surface area contributed by atoms with Gasteiger partial charge in [-0.3, -0.25) is 24.1 Å². The van der Waals surface area contributed by atoms with Gasteiger partial charge in [0.15, 0.2) is 0 Å². The number of carbonyl (C=O) groups excluding carboxylic acids is 3. The Labute approximate surface area is 196 Å². The molecule has 2 atom stereocenters. The molecule has 1 aromatic carbocycles. The fourth-order valence-electron chi connectivity index (χ4n) is 3.43. The Bertz CT molecular complexity index is 965. The van der Waals surface area contributed by atoms with E-state index in [1.165, 1.54) is 30.7 Å². The van der Waals surface area contributed by atoms with E-state index in [2.05, 4.69) is 17.4 Å². The number of hydrogen-bond acceptors (Lipinski definition) is 9. The van der Waals surface area contributed by atoms with E-state index in [0.29, 0.717) is 22.8 Å². The second-order valence-corrected chi connectivity index (χ2v) is 8.30. The number of rotatable bonds is 11. The van der Waals surface area contributed by atoms with Crippen molar-refractivity contribution in [2.45, 2.75) is 24.9 Å². The molecule has 0 aliphatic carbocycles. The van der Waals surface area contributed by atoms with E-state index in [0.717, 1.165) is 5.56 Å². The van der Waals surface area contributed by atoms with Gasteiger partial charge in [0.05, 0.1) is 20.8 Å². The zero-order valence-electron chi connectivity index (χ0n) is 18.7. The first-order valence-corrected chi connectivity index (χ1v) is 11.2. The maximum atomic E-state index is 13.2. The molecule has 1 saturated heterocycles. The summed E-state index contributed by atoms with van der Waals surface area (Å²) in [7, 11) is 3.09. The predicted molar refractivity (Wildman–Crippen MR) is 121 cm³/mol. The number of ether oxygens (including phenoxy) is 3. The van der Waals surface area contributed by atoms with Crippen molar-refractivity contribution in [2.24, 2.45) is 0 Å².